The van der Waals surface area contributed by atoms with Crippen LogP contribution in [0.15, 0.2) is 41.3 Å². The van der Waals surface area contributed by atoms with E-state index in [2.05, 4.69) is 4.98 Å². The van der Waals surface area contributed by atoms with E-state index < -0.39 is 17.3 Å². The lowest BCUT2D eigenvalue weighted by Crippen LogP contribution is -2.33. The molecular formula is C19H20F3N3O3. The van der Waals surface area contributed by atoms with Crippen molar-refractivity contribution in [1.82, 2.24) is 14.1 Å². The average Bonchev–Trinajstić information content (AvgIpc) is 2.84. The van der Waals surface area contributed by atoms with Gasteiger partial charge in [-0.1, -0.05) is 0 Å². The van der Waals surface area contributed by atoms with E-state index >= 15 is 0 Å². The molecule has 0 aliphatic carbocycles. The van der Waals surface area contributed by atoms with Gasteiger partial charge in [0.05, 0.1) is 28.7 Å². The van der Waals surface area contributed by atoms with Crippen molar-refractivity contribution < 1.29 is 23.0 Å². The van der Waals surface area contributed by atoms with E-state index in [0.29, 0.717) is 29.5 Å². The summed E-state index contributed by atoms with van der Waals surface area (Å²) in [5, 5.41) is 10.1. The molecule has 1 aromatic carbocycles. The number of imidazole rings is 1. The molecule has 2 aromatic heterocycles. The van der Waals surface area contributed by atoms with Gasteiger partial charge in [0.25, 0.3) is 0 Å². The van der Waals surface area contributed by atoms with Crippen molar-refractivity contribution in [3.63, 3.8) is 0 Å². The fourth-order valence-electron chi connectivity index (χ4n) is 2.94. The van der Waals surface area contributed by atoms with Gasteiger partial charge in [-0.3, -0.25) is 9.13 Å². The summed E-state index contributed by atoms with van der Waals surface area (Å²) < 4.78 is 46.5. The standard InChI is InChI=1S/C19H20F3N3O3/c1-4-24-14-7-6-13(9-15(14)25(17(24)26)11-18(2,3)27)28-16-8-5-12(10-23-16)19(20,21)22/h5-10,27H,4,11H2,1-3H3. The highest BCUT2D eigenvalue weighted by atomic mass is 19.4. The fraction of sp³-hybridized carbons (Fsp3) is 0.368. The fourth-order valence-corrected chi connectivity index (χ4v) is 2.94. The summed E-state index contributed by atoms with van der Waals surface area (Å²) in [5.41, 5.74) is -1.01. The minimum absolute atomic E-state index is 0.00124. The van der Waals surface area contributed by atoms with Gasteiger partial charge in [0.15, 0.2) is 0 Å². The van der Waals surface area contributed by atoms with Crippen LogP contribution in [0, 0.1) is 0 Å². The van der Waals surface area contributed by atoms with Crippen LogP contribution in [-0.2, 0) is 19.3 Å². The van der Waals surface area contributed by atoms with Crippen LogP contribution in [0.5, 0.6) is 11.6 Å². The molecular weight excluding hydrogens is 375 g/mol. The highest BCUT2D eigenvalue weighted by Crippen LogP contribution is 2.30. The summed E-state index contributed by atoms with van der Waals surface area (Å²) >= 11 is 0. The number of aryl methyl sites for hydroxylation is 1. The summed E-state index contributed by atoms with van der Waals surface area (Å²) in [6.07, 6.45) is -3.77. The molecule has 0 saturated heterocycles. The largest absolute Gasteiger partial charge is 0.439 e. The number of aliphatic hydroxyl groups is 1. The number of hydrogen-bond acceptors (Lipinski definition) is 4. The molecule has 2 heterocycles. The Labute approximate surface area is 158 Å². The molecule has 3 aromatic rings. The average molecular weight is 395 g/mol. The molecule has 0 amide bonds. The van der Waals surface area contributed by atoms with Crippen LogP contribution in [0.2, 0.25) is 0 Å². The number of benzene rings is 1. The second-order valence-corrected chi connectivity index (χ2v) is 7.06. The van der Waals surface area contributed by atoms with Gasteiger partial charge in [-0.15, -0.1) is 0 Å². The Balaban J connectivity index is 1.99. The Morgan fingerprint density at radius 1 is 1.11 bits per heavy atom. The first-order valence-corrected chi connectivity index (χ1v) is 8.66. The van der Waals surface area contributed by atoms with E-state index in [0.717, 1.165) is 12.1 Å². The number of aromatic nitrogens is 3. The number of halogens is 3. The zero-order chi connectivity index (χ0) is 20.7. The zero-order valence-corrected chi connectivity index (χ0v) is 15.6. The number of fused-ring (bicyclic) bond motifs is 1. The highest BCUT2D eigenvalue weighted by Gasteiger charge is 2.30. The second kappa shape index (κ2) is 6.97. The molecule has 0 spiro atoms. The molecule has 0 saturated carbocycles. The zero-order valence-electron chi connectivity index (χ0n) is 15.6. The van der Waals surface area contributed by atoms with Gasteiger partial charge < -0.3 is 9.84 Å². The highest BCUT2D eigenvalue weighted by molar-refractivity contribution is 5.78. The lowest BCUT2D eigenvalue weighted by atomic mass is 10.1. The quantitative estimate of drug-likeness (QED) is 0.714. The van der Waals surface area contributed by atoms with Crippen LogP contribution < -0.4 is 10.4 Å². The van der Waals surface area contributed by atoms with Crippen molar-refractivity contribution in [2.45, 2.75) is 45.6 Å². The normalized spacial score (nSPS) is 12.5. The van der Waals surface area contributed by atoms with E-state index in [1.807, 2.05) is 6.92 Å². The molecule has 6 nitrogen and oxygen atoms in total. The van der Waals surface area contributed by atoms with Crippen LogP contribution in [0.25, 0.3) is 11.0 Å². The maximum Gasteiger partial charge on any atom is 0.417 e. The van der Waals surface area contributed by atoms with E-state index in [1.165, 1.54) is 4.57 Å². The van der Waals surface area contributed by atoms with E-state index in [9.17, 15) is 23.1 Å². The predicted octanol–water partition coefficient (Wildman–Crippen LogP) is 3.80. The number of nitrogens with zero attached hydrogens (tertiary/aromatic N) is 3. The molecule has 0 aliphatic heterocycles. The molecule has 9 heteroatoms. The van der Waals surface area contributed by atoms with Gasteiger partial charge >= 0.3 is 11.9 Å². The van der Waals surface area contributed by atoms with Crippen LogP contribution in [0.4, 0.5) is 13.2 Å². The first kappa shape index (κ1) is 19.9. The minimum atomic E-state index is -4.47. The number of hydrogen-bond donors (Lipinski definition) is 1. The second-order valence-electron chi connectivity index (χ2n) is 7.06. The predicted molar refractivity (Wildman–Crippen MR) is 97.5 cm³/mol. The molecule has 150 valence electrons. The maximum atomic E-state index is 12.7. The molecule has 0 atom stereocenters. The van der Waals surface area contributed by atoms with E-state index in [-0.39, 0.29) is 18.1 Å². The summed E-state index contributed by atoms with van der Waals surface area (Å²) in [4.78, 5) is 16.3. The first-order chi connectivity index (χ1) is 13.0. The van der Waals surface area contributed by atoms with Gasteiger partial charge in [0.2, 0.25) is 5.88 Å². The third kappa shape index (κ3) is 4.04. The molecule has 0 fully saturated rings. The monoisotopic (exact) mass is 395 g/mol. The van der Waals surface area contributed by atoms with E-state index in [4.69, 9.17) is 4.74 Å². The molecule has 0 aliphatic rings. The Morgan fingerprint density at radius 2 is 1.82 bits per heavy atom. The van der Waals surface area contributed by atoms with Crippen molar-refractivity contribution in [2.75, 3.05) is 0 Å². The Kier molecular flexibility index (Phi) is 4.97. The molecule has 28 heavy (non-hydrogen) atoms. The summed E-state index contributed by atoms with van der Waals surface area (Å²) in [6, 6.07) is 6.93. The van der Waals surface area contributed by atoms with Crippen LogP contribution in [0.1, 0.15) is 26.3 Å². The maximum absolute atomic E-state index is 12.7. The van der Waals surface area contributed by atoms with Gasteiger partial charge in [0.1, 0.15) is 5.75 Å². The molecule has 0 radical (unpaired) electrons. The Bertz CT molecular complexity index is 1040. The lowest BCUT2D eigenvalue weighted by Gasteiger charge is -2.17. The van der Waals surface area contributed by atoms with Gasteiger partial charge in [-0.05, 0) is 39.0 Å². The molecule has 1 N–H and O–H groups in total. The first-order valence-electron chi connectivity index (χ1n) is 8.66. The van der Waals surface area contributed by atoms with Crippen LogP contribution in [-0.4, -0.2) is 24.8 Å². The minimum Gasteiger partial charge on any atom is -0.439 e. The third-order valence-corrected chi connectivity index (χ3v) is 4.14. The Hall–Kier alpha value is -2.81. The number of alkyl halides is 3. The smallest absolute Gasteiger partial charge is 0.417 e. The van der Waals surface area contributed by atoms with Crippen molar-refractivity contribution in [3.05, 3.63) is 52.6 Å². The number of pyridine rings is 1. The summed E-state index contributed by atoms with van der Waals surface area (Å²) in [6.45, 7) is 5.57. The van der Waals surface area contributed by atoms with Gasteiger partial charge in [-0.2, -0.15) is 13.2 Å². The lowest BCUT2D eigenvalue weighted by molar-refractivity contribution is -0.137. The number of ether oxygens (including phenoxy) is 1. The number of rotatable bonds is 5. The SMILES string of the molecule is CCn1c(=O)n(CC(C)(C)O)c2cc(Oc3ccc(C(F)(F)F)cn3)ccc21. The van der Waals surface area contributed by atoms with E-state index in [1.54, 1.807) is 36.6 Å². The van der Waals surface area contributed by atoms with Crippen molar-refractivity contribution in [3.8, 4) is 11.6 Å². The van der Waals surface area contributed by atoms with Crippen molar-refractivity contribution in [2.24, 2.45) is 0 Å². The topological polar surface area (TPSA) is 69.3 Å². The summed E-state index contributed by atoms with van der Waals surface area (Å²) in [7, 11) is 0. The van der Waals surface area contributed by atoms with Gasteiger partial charge in [-0.25, -0.2) is 9.78 Å². The van der Waals surface area contributed by atoms with Crippen LogP contribution >= 0.6 is 0 Å². The molecule has 3 rings (SSSR count). The Morgan fingerprint density at radius 3 is 2.36 bits per heavy atom. The van der Waals surface area contributed by atoms with Gasteiger partial charge in [0, 0.05) is 24.9 Å². The third-order valence-electron chi connectivity index (χ3n) is 4.14. The molecule has 0 unspecified atom stereocenters. The van der Waals surface area contributed by atoms with Crippen molar-refractivity contribution >= 4 is 11.0 Å². The van der Waals surface area contributed by atoms with Crippen LogP contribution in [0.3, 0.4) is 0 Å². The summed E-state index contributed by atoms with van der Waals surface area (Å²) in [5.74, 6) is 0.316. The van der Waals surface area contributed by atoms with Crippen molar-refractivity contribution in [1.29, 1.82) is 0 Å². The molecule has 0 bridgehead atoms.